The third kappa shape index (κ3) is 2.36. The van der Waals surface area contributed by atoms with E-state index in [4.69, 9.17) is 5.11 Å². The van der Waals surface area contributed by atoms with Crippen molar-refractivity contribution >= 4 is 0 Å². The van der Waals surface area contributed by atoms with Crippen LogP contribution in [0, 0.1) is 0 Å². The smallest absolute Gasteiger partial charge is 0.282 e. The number of alkyl halides is 2. The normalized spacial score (nSPS) is 19.8. The molecular formula is C11H14F2N2O. The number of aromatic nitrogens is 1. The van der Waals surface area contributed by atoms with Crippen LogP contribution in [0.15, 0.2) is 18.3 Å². The molecule has 0 amide bonds. The van der Waals surface area contributed by atoms with Gasteiger partial charge in [0.25, 0.3) is 5.92 Å². The maximum Gasteiger partial charge on any atom is 0.282 e. The van der Waals surface area contributed by atoms with Gasteiger partial charge < -0.3 is 10.4 Å². The molecular weight excluding hydrogens is 214 g/mol. The van der Waals surface area contributed by atoms with Gasteiger partial charge in [0.1, 0.15) is 6.61 Å². The van der Waals surface area contributed by atoms with Crippen molar-refractivity contribution in [2.75, 3.05) is 13.2 Å². The van der Waals surface area contributed by atoms with E-state index in [0.717, 1.165) is 24.1 Å². The largest absolute Gasteiger partial charge is 0.390 e. The molecule has 88 valence electrons. The fourth-order valence-electron chi connectivity index (χ4n) is 1.94. The minimum Gasteiger partial charge on any atom is -0.390 e. The number of halogens is 2. The van der Waals surface area contributed by atoms with Crippen molar-refractivity contribution in [1.82, 2.24) is 10.3 Å². The SMILES string of the molecule is OCC(F)(F)CNC1CCc2cccnc21. The molecule has 1 aromatic rings. The van der Waals surface area contributed by atoms with Gasteiger partial charge in [-0.3, -0.25) is 4.98 Å². The van der Waals surface area contributed by atoms with Crippen LogP contribution in [-0.2, 0) is 6.42 Å². The maximum atomic E-state index is 12.8. The van der Waals surface area contributed by atoms with Gasteiger partial charge in [-0.05, 0) is 24.5 Å². The Morgan fingerprint density at radius 2 is 2.38 bits per heavy atom. The van der Waals surface area contributed by atoms with E-state index in [-0.39, 0.29) is 6.04 Å². The summed E-state index contributed by atoms with van der Waals surface area (Å²) in [6, 6.07) is 3.70. The molecule has 1 unspecified atom stereocenters. The highest BCUT2D eigenvalue weighted by Gasteiger charge is 2.31. The summed E-state index contributed by atoms with van der Waals surface area (Å²) in [5.74, 6) is -3.06. The predicted molar refractivity (Wildman–Crippen MR) is 55.3 cm³/mol. The van der Waals surface area contributed by atoms with Crippen LogP contribution < -0.4 is 5.32 Å². The van der Waals surface area contributed by atoms with Gasteiger partial charge in [-0.15, -0.1) is 0 Å². The predicted octanol–water partition coefficient (Wildman–Crippen LogP) is 1.29. The van der Waals surface area contributed by atoms with Crippen molar-refractivity contribution in [3.63, 3.8) is 0 Å². The summed E-state index contributed by atoms with van der Waals surface area (Å²) in [7, 11) is 0. The van der Waals surface area contributed by atoms with Crippen LogP contribution in [0.25, 0.3) is 0 Å². The zero-order valence-corrected chi connectivity index (χ0v) is 8.79. The Bertz CT molecular complexity index is 371. The standard InChI is InChI=1S/C11H14F2N2O/c12-11(13,7-16)6-15-9-4-3-8-2-1-5-14-10(8)9/h1-2,5,9,15-16H,3-4,6-7H2. The van der Waals surface area contributed by atoms with Gasteiger partial charge in [-0.25, -0.2) is 8.78 Å². The molecule has 2 rings (SSSR count). The molecule has 0 saturated heterocycles. The van der Waals surface area contributed by atoms with E-state index < -0.39 is 19.1 Å². The molecule has 1 aliphatic carbocycles. The first-order chi connectivity index (χ1) is 7.62. The van der Waals surface area contributed by atoms with E-state index in [0.29, 0.717) is 0 Å². The van der Waals surface area contributed by atoms with Crippen molar-refractivity contribution in [3.8, 4) is 0 Å². The molecule has 1 heterocycles. The number of aliphatic hydroxyl groups excluding tert-OH is 1. The number of fused-ring (bicyclic) bond motifs is 1. The Hall–Kier alpha value is -1.07. The number of hydrogen-bond acceptors (Lipinski definition) is 3. The molecule has 0 saturated carbocycles. The van der Waals surface area contributed by atoms with Crippen LogP contribution in [0.1, 0.15) is 23.7 Å². The quantitative estimate of drug-likeness (QED) is 0.816. The van der Waals surface area contributed by atoms with Crippen LogP contribution >= 0.6 is 0 Å². The molecule has 0 bridgehead atoms. The first kappa shape index (κ1) is 11.4. The average molecular weight is 228 g/mol. The number of nitrogens with zero attached hydrogens (tertiary/aromatic N) is 1. The van der Waals surface area contributed by atoms with Gasteiger partial charge in [0, 0.05) is 6.20 Å². The van der Waals surface area contributed by atoms with Crippen molar-refractivity contribution < 1.29 is 13.9 Å². The molecule has 0 aromatic carbocycles. The second kappa shape index (κ2) is 4.43. The lowest BCUT2D eigenvalue weighted by molar-refractivity contribution is -0.0494. The number of aryl methyl sites for hydroxylation is 1. The topological polar surface area (TPSA) is 45.1 Å². The van der Waals surface area contributed by atoms with Gasteiger partial charge in [0.15, 0.2) is 0 Å². The molecule has 2 N–H and O–H groups in total. The molecule has 0 radical (unpaired) electrons. The molecule has 1 atom stereocenters. The van der Waals surface area contributed by atoms with Crippen LogP contribution in [0.2, 0.25) is 0 Å². The Labute approximate surface area is 92.5 Å². The lowest BCUT2D eigenvalue weighted by atomic mass is 10.2. The Morgan fingerprint density at radius 1 is 1.56 bits per heavy atom. The Balaban J connectivity index is 1.99. The minimum atomic E-state index is -3.06. The summed E-state index contributed by atoms with van der Waals surface area (Å²) in [5, 5.41) is 11.2. The van der Waals surface area contributed by atoms with E-state index in [1.165, 1.54) is 0 Å². The monoisotopic (exact) mass is 228 g/mol. The maximum absolute atomic E-state index is 12.8. The van der Waals surface area contributed by atoms with E-state index in [1.807, 2.05) is 12.1 Å². The molecule has 1 aliphatic rings. The number of rotatable bonds is 4. The van der Waals surface area contributed by atoms with E-state index >= 15 is 0 Å². The van der Waals surface area contributed by atoms with Gasteiger partial charge in [-0.1, -0.05) is 6.07 Å². The fourth-order valence-corrected chi connectivity index (χ4v) is 1.94. The first-order valence-corrected chi connectivity index (χ1v) is 5.28. The number of nitrogens with one attached hydrogen (secondary N) is 1. The highest BCUT2D eigenvalue weighted by molar-refractivity contribution is 5.27. The second-order valence-electron chi connectivity index (χ2n) is 4.03. The lowest BCUT2D eigenvalue weighted by Crippen LogP contribution is -2.37. The second-order valence-corrected chi connectivity index (χ2v) is 4.03. The summed E-state index contributed by atoms with van der Waals surface area (Å²) in [4.78, 5) is 4.20. The number of hydrogen-bond donors (Lipinski definition) is 2. The fraction of sp³-hybridized carbons (Fsp3) is 0.545. The summed E-state index contributed by atoms with van der Waals surface area (Å²) < 4.78 is 25.7. The Kier molecular flexibility index (Phi) is 3.16. The molecule has 0 spiro atoms. The summed E-state index contributed by atoms with van der Waals surface area (Å²) in [5.41, 5.74) is 1.98. The van der Waals surface area contributed by atoms with E-state index in [2.05, 4.69) is 10.3 Å². The highest BCUT2D eigenvalue weighted by Crippen LogP contribution is 2.29. The van der Waals surface area contributed by atoms with Crippen molar-refractivity contribution in [1.29, 1.82) is 0 Å². The molecule has 0 fully saturated rings. The molecule has 16 heavy (non-hydrogen) atoms. The average Bonchev–Trinajstić information content (AvgIpc) is 2.70. The third-order valence-electron chi connectivity index (χ3n) is 2.80. The lowest BCUT2D eigenvalue weighted by Gasteiger charge is -2.18. The molecule has 1 aromatic heterocycles. The van der Waals surface area contributed by atoms with Gasteiger partial charge >= 0.3 is 0 Å². The van der Waals surface area contributed by atoms with Crippen molar-refractivity contribution in [2.45, 2.75) is 24.8 Å². The van der Waals surface area contributed by atoms with Crippen LogP contribution in [0.5, 0.6) is 0 Å². The molecule has 0 aliphatic heterocycles. The third-order valence-corrected chi connectivity index (χ3v) is 2.80. The van der Waals surface area contributed by atoms with Crippen LogP contribution in [0.3, 0.4) is 0 Å². The van der Waals surface area contributed by atoms with E-state index in [1.54, 1.807) is 6.20 Å². The summed E-state index contributed by atoms with van der Waals surface area (Å²) in [6.45, 7) is -1.63. The van der Waals surface area contributed by atoms with Crippen LogP contribution in [-0.4, -0.2) is 29.2 Å². The van der Waals surface area contributed by atoms with Crippen molar-refractivity contribution in [2.24, 2.45) is 0 Å². The van der Waals surface area contributed by atoms with Crippen molar-refractivity contribution in [3.05, 3.63) is 29.6 Å². The summed E-state index contributed by atoms with van der Waals surface area (Å²) >= 11 is 0. The Morgan fingerprint density at radius 3 is 3.12 bits per heavy atom. The number of pyridine rings is 1. The summed E-state index contributed by atoms with van der Waals surface area (Å²) in [6.07, 6.45) is 3.32. The van der Waals surface area contributed by atoms with Gasteiger partial charge in [-0.2, -0.15) is 0 Å². The molecule has 5 heteroatoms. The highest BCUT2D eigenvalue weighted by atomic mass is 19.3. The van der Waals surface area contributed by atoms with Crippen LogP contribution in [0.4, 0.5) is 8.78 Å². The first-order valence-electron chi connectivity index (χ1n) is 5.28. The van der Waals surface area contributed by atoms with Gasteiger partial charge in [0.2, 0.25) is 0 Å². The zero-order chi connectivity index (χ0) is 11.6. The minimum absolute atomic E-state index is 0.117. The van der Waals surface area contributed by atoms with Gasteiger partial charge in [0.05, 0.1) is 18.3 Å². The zero-order valence-electron chi connectivity index (χ0n) is 8.79. The number of aliphatic hydroxyl groups is 1. The molecule has 3 nitrogen and oxygen atoms in total. The van der Waals surface area contributed by atoms with E-state index in [9.17, 15) is 8.78 Å².